The third-order valence-electron chi connectivity index (χ3n) is 5.00. The van der Waals surface area contributed by atoms with Crippen molar-refractivity contribution in [1.82, 2.24) is 5.32 Å². The molecule has 1 saturated heterocycles. The number of halogens is 1. The highest BCUT2D eigenvalue weighted by Crippen LogP contribution is 2.31. The number of nitrogens with two attached hydrogens (primary N) is 1. The summed E-state index contributed by atoms with van der Waals surface area (Å²) >= 11 is 0. The number of nitrogens with one attached hydrogen (secondary N) is 1. The van der Waals surface area contributed by atoms with Crippen LogP contribution in [-0.4, -0.2) is 44.3 Å². The van der Waals surface area contributed by atoms with E-state index >= 15 is 0 Å². The van der Waals surface area contributed by atoms with Crippen LogP contribution < -0.4 is 11.1 Å². The Morgan fingerprint density at radius 1 is 1.22 bits per heavy atom. The second-order valence-corrected chi connectivity index (χ2v) is 6.37. The van der Waals surface area contributed by atoms with E-state index in [-0.39, 0.29) is 36.2 Å². The third kappa shape index (κ3) is 5.06. The first kappa shape index (κ1) is 20.2. The lowest BCUT2D eigenvalue weighted by Crippen LogP contribution is -2.52. The minimum atomic E-state index is -0.476. The van der Waals surface area contributed by atoms with Gasteiger partial charge in [-0.05, 0) is 45.4 Å². The summed E-state index contributed by atoms with van der Waals surface area (Å²) in [5, 5.41) is 3.15. The zero-order valence-electron chi connectivity index (χ0n) is 13.8. The van der Waals surface area contributed by atoms with Gasteiger partial charge in [0, 0.05) is 25.8 Å². The Morgan fingerprint density at radius 2 is 1.83 bits per heavy atom. The fraction of sp³-hybridized carbons (Fsp3) is 0.875. The monoisotopic (exact) mass is 348 g/mol. The van der Waals surface area contributed by atoms with Gasteiger partial charge in [-0.1, -0.05) is 0 Å². The van der Waals surface area contributed by atoms with E-state index in [1.807, 2.05) is 6.92 Å². The second kappa shape index (κ2) is 9.45. The molecule has 6 nitrogen and oxygen atoms in total. The van der Waals surface area contributed by atoms with Crippen LogP contribution in [0.25, 0.3) is 0 Å². The van der Waals surface area contributed by atoms with Gasteiger partial charge in [-0.2, -0.15) is 0 Å². The molecule has 1 amide bonds. The van der Waals surface area contributed by atoms with Gasteiger partial charge in [0.05, 0.1) is 17.9 Å². The predicted molar refractivity (Wildman–Crippen MR) is 89.3 cm³/mol. The molecule has 134 valence electrons. The van der Waals surface area contributed by atoms with Crippen LogP contribution in [0.3, 0.4) is 0 Å². The standard InChI is InChI=1S/C16H28N2O4.ClH/c1-2-22-14(19)12-3-5-13(6-4-12)18-15(20)16(11-17)7-9-21-10-8-16;/h12-13H,2-11,17H2,1H3,(H,18,20);1H. The van der Waals surface area contributed by atoms with Gasteiger partial charge in [-0.15, -0.1) is 12.4 Å². The Hall–Kier alpha value is -0.850. The summed E-state index contributed by atoms with van der Waals surface area (Å²) < 4.78 is 10.4. The Kier molecular flexibility index (Phi) is 8.29. The zero-order chi connectivity index (χ0) is 16.0. The summed E-state index contributed by atoms with van der Waals surface area (Å²) in [6, 6.07) is 0.143. The average Bonchev–Trinajstić information content (AvgIpc) is 2.56. The maximum Gasteiger partial charge on any atom is 0.308 e. The zero-order valence-corrected chi connectivity index (χ0v) is 14.7. The Bertz CT molecular complexity index is 392. The third-order valence-corrected chi connectivity index (χ3v) is 5.00. The normalized spacial score (nSPS) is 26.7. The fourth-order valence-electron chi connectivity index (χ4n) is 3.36. The van der Waals surface area contributed by atoms with Crippen LogP contribution in [0, 0.1) is 11.3 Å². The predicted octanol–water partition coefficient (Wildman–Crippen LogP) is 1.40. The molecule has 0 aromatic heterocycles. The lowest BCUT2D eigenvalue weighted by Gasteiger charge is -2.37. The molecule has 0 aromatic carbocycles. The van der Waals surface area contributed by atoms with Crippen LogP contribution in [0.5, 0.6) is 0 Å². The van der Waals surface area contributed by atoms with Crippen molar-refractivity contribution in [3.63, 3.8) is 0 Å². The van der Waals surface area contributed by atoms with Crippen molar-refractivity contribution >= 4 is 24.3 Å². The van der Waals surface area contributed by atoms with Crippen molar-refractivity contribution in [1.29, 1.82) is 0 Å². The highest BCUT2D eigenvalue weighted by molar-refractivity contribution is 5.85. The highest BCUT2D eigenvalue weighted by atomic mass is 35.5. The van der Waals surface area contributed by atoms with Gasteiger partial charge in [0.1, 0.15) is 0 Å². The van der Waals surface area contributed by atoms with Crippen LogP contribution in [0.15, 0.2) is 0 Å². The lowest BCUT2D eigenvalue weighted by atomic mass is 9.78. The van der Waals surface area contributed by atoms with Crippen molar-refractivity contribution in [2.45, 2.75) is 51.5 Å². The number of amides is 1. The van der Waals surface area contributed by atoms with E-state index in [0.29, 0.717) is 39.2 Å². The minimum absolute atomic E-state index is 0. The average molecular weight is 349 g/mol. The van der Waals surface area contributed by atoms with E-state index < -0.39 is 5.41 Å². The van der Waals surface area contributed by atoms with E-state index in [9.17, 15) is 9.59 Å². The van der Waals surface area contributed by atoms with Crippen LogP contribution in [0.4, 0.5) is 0 Å². The van der Waals surface area contributed by atoms with Crippen LogP contribution >= 0.6 is 12.4 Å². The van der Waals surface area contributed by atoms with Crippen molar-refractivity contribution in [2.75, 3.05) is 26.4 Å². The SMILES string of the molecule is CCOC(=O)C1CCC(NC(=O)C2(CN)CCOCC2)CC1.Cl. The topological polar surface area (TPSA) is 90.7 Å². The Balaban J connectivity index is 0.00000264. The van der Waals surface area contributed by atoms with Crippen molar-refractivity contribution < 1.29 is 19.1 Å². The van der Waals surface area contributed by atoms with Crippen LogP contribution in [0.1, 0.15) is 45.4 Å². The van der Waals surface area contributed by atoms with Gasteiger partial charge in [-0.25, -0.2) is 0 Å². The number of ether oxygens (including phenoxy) is 2. The summed E-state index contributed by atoms with van der Waals surface area (Å²) in [6.07, 6.45) is 4.59. The summed E-state index contributed by atoms with van der Waals surface area (Å²) in [5.41, 5.74) is 5.39. The number of hydrogen-bond donors (Lipinski definition) is 2. The molecular formula is C16H29ClN2O4. The number of carbonyl (C=O) groups is 2. The van der Waals surface area contributed by atoms with Crippen molar-refractivity contribution in [3.8, 4) is 0 Å². The molecular weight excluding hydrogens is 320 g/mol. The molecule has 0 unspecified atom stereocenters. The van der Waals surface area contributed by atoms with E-state index in [4.69, 9.17) is 15.2 Å². The van der Waals surface area contributed by atoms with Gasteiger partial charge in [-0.3, -0.25) is 9.59 Å². The maximum atomic E-state index is 12.6. The van der Waals surface area contributed by atoms with Gasteiger partial charge in [0.15, 0.2) is 0 Å². The molecule has 1 aliphatic carbocycles. The molecule has 0 radical (unpaired) electrons. The molecule has 23 heavy (non-hydrogen) atoms. The van der Waals surface area contributed by atoms with E-state index in [1.54, 1.807) is 0 Å². The number of rotatable bonds is 5. The molecule has 0 spiro atoms. The molecule has 0 aromatic rings. The van der Waals surface area contributed by atoms with Crippen molar-refractivity contribution in [3.05, 3.63) is 0 Å². The molecule has 0 bridgehead atoms. The van der Waals surface area contributed by atoms with Gasteiger partial charge in [0.2, 0.25) is 5.91 Å². The van der Waals surface area contributed by atoms with E-state index in [2.05, 4.69) is 5.32 Å². The minimum Gasteiger partial charge on any atom is -0.466 e. The second-order valence-electron chi connectivity index (χ2n) is 6.37. The first-order valence-corrected chi connectivity index (χ1v) is 8.36. The largest absolute Gasteiger partial charge is 0.466 e. The molecule has 7 heteroatoms. The van der Waals surface area contributed by atoms with Crippen LogP contribution in [0.2, 0.25) is 0 Å². The summed E-state index contributed by atoms with van der Waals surface area (Å²) in [4.78, 5) is 24.3. The Morgan fingerprint density at radius 3 is 2.35 bits per heavy atom. The van der Waals surface area contributed by atoms with Gasteiger partial charge in [0.25, 0.3) is 0 Å². The van der Waals surface area contributed by atoms with Crippen molar-refractivity contribution in [2.24, 2.45) is 17.1 Å². The Labute approximate surface area is 144 Å². The van der Waals surface area contributed by atoms with Gasteiger partial charge < -0.3 is 20.5 Å². The lowest BCUT2D eigenvalue weighted by molar-refractivity contribution is -0.149. The van der Waals surface area contributed by atoms with E-state index in [1.165, 1.54) is 0 Å². The summed E-state index contributed by atoms with van der Waals surface area (Å²) in [7, 11) is 0. The molecule has 1 aliphatic heterocycles. The number of hydrogen-bond acceptors (Lipinski definition) is 5. The molecule has 1 saturated carbocycles. The molecule has 2 aliphatic rings. The molecule has 2 fully saturated rings. The number of esters is 1. The summed E-state index contributed by atoms with van der Waals surface area (Å²) in [6.45, 7) is 3.81. The summed E-state index contributed by atoms with van der Waals surface area (Å²) in [5.74, 6) is -0.0623. The first-order chi connectivity index (χ1) is 10.6. The van der Waals surface area contributed by atoms with Crippen LogP contribution in [-0.2, 0) is 19.1 Å². The molecule has 3 N–H and O–H groups in total. The highest BCUT2D eigenvalue weighted by Gasteiger charge is 2.40. The van der Waals surface area contributed by atoms with E-state index in [0.717, 1.165) is 25.7 Å². The maximum absolute atomic E-state index is 12.6. The van der Waals surface area contributed by atoms with Gasteiger partial charge >= 0.3 is 5.97 Å². The quantitative estimate of drug-likeness (QED) is 0.733. The molecule has 0 atom stereocenters. The molecule has 2 rings (SSSR count). The smallest absolute Gasteiger partial charge is 0.308 e. The molecule has 1 heterocycles. The first-order valence-electron chi connectivity index (χ1n) is 8.36. The fourth-order valence-corrected chi connectivity index (χ4v) is 3.36. The number of carbonyl (C=O) groups excluding carboxylic acids is 2.